The Kier molecular flexibility index (Phi) is 5.70. The maximum Gasteiger partial charge on any atom is 0.320 e. The van der Waals surface area contributed by atoms with Gasteiger partial charge in [-0.2, -0.15) is 0 Å². The molecule has 0 aliphatic heterocycles. The standard InChI is InChI=1S/C14H21NO2/c1-3-4-5-13(14(16)17)15-10-12-8-6-11(2)7-9-12/h6-9,13,15H,3-5,10H2,1-2H3,(H,16,17). The number of carbonyl (C=O) groups is 1. The van der Waals surface area contributed by atoms with Crippen molar-refractivity contribution in [3.8, 4) is 0 Å². The van der Waals surface area contributed by atoms with Crippen molar-refractivity contribution in [2.45, 2.75) is 45.7 Å². The van der Waals surface area contributed by atoms with Gasteiger partial charge in [0.15, 0.2) is 0 Å². The van der Waals surface area contributed by atoms with Crippen molar-refractivity contribution in [2.75, 3.05) is 0 Å². The lowest BCUT2D eigenvalue weighted by molar-refractivity contribution is -0.139. The molecule has 0 aliphatic rings. The number of carboxylic acid groups (broad SMARTS) is 1. The molecule has 0 saturated heterocycles. The lowest BCUT2D eigenvalue weighted by Crippen LogP contribution is -2.36. The predicted molar refractivity (Wildman–Crippen MR) is 69.0 cm³/mol. The predicted octanol–water partition coefficient (Wildman–Crippen LogP) is 2.73. The lowest BCUT2D eigenvalue weighted by atomic mass is 10.1. The molecule has 1 atom stereocenters. The quantitative estimate of drug-likeness (QED) is 0.764. The van der Waals surface area contributed by atoms with Gasteiger partial charge in [0.05, 0.1) is 0 Å². The fraction of sp³-hybridized carbons (Fsp3) is 0.500. The Bertz CT molecular complexity index is 346. The summed E-state index contributed by atoms with van der Waals surface area (Å²) in [6, 6.07) is 7.70. The lowest BCUT2D eigenvalue weighted by Gasteiger charge is -2.14. The number of benzene rings is 1. The molecule has 1 rings (SSSR count). The summed E-state index contributed by atoms with van der Waals surface area (Å²) in [5.74, 6) is -0.759. The Hall–Kier alpha value is -1.35. The van der Waals surface area contributed by atoms with Gasteiger partial charge in [0, 0.05) is 6.54 Å². The van der Waals surface area contributed by atoms with Crippen LogP contribution in [0.5, 0.6) is 0 Å². The van der Waals surface area contributed by atoms with Gasteiger partial charge >= 0.3 is 5.97 Å². The summed E-state index contributed by atoms with van der Waals surface area (Å²) >= 11 is 0. The highest BCUT2D eigenvalue weighted by atomic mass is 16.4. The highest BCUT2D eigenvalue weighted by Crippen LogP contribution is 2.05. The zero-order valence-electron chi connectivity index (χ0n) is 10.6. The fourth-order valence-corrected chi connectivity index (χ4v) is 1.67. The van der Waals surface area contributed by atoms with E-state index in [2.05, 4.69) is 12.2 Å². The first-order valence-electron chi connectivity index (χ1n) is 6.15. The van der Waals surface area contributed by atoms with Crippen molar-refractivity contribution in [3.63, 3.8) is 0 Å². The summed E-state index contributed by atoms with van der Waals surface area (Å²) in [5, 5.41) is 12.1. The van der Waals surface area contributed by atoms with Crippen LogP contribution in [-0.4, -0.2) is 17.1 Å². The number of hydrogen-bond donors (Lipinski definition) is 2. The molecule has 0 spiro atoms. The van der Waals surface area contributed by atoms with Gasteiger partial charge in [-0.25, -0.2) is 0 Å². The Labute approximate surface area is 103 Å². The monoisotopic (exact) mass is 235 g/mol. The molecular weight excluding hydrogens is 214 g/mol. The van der Waals surface area contributed by atoms with Crippen LogP contribution in [-0.2, 0) is 11.3 Å². The summed E-state index contributed by atoms with van der Waals surface area (Å²) < 4.78 is 0. The fourth-order valence-electron chi connectivity index (χ4n) is 1.67. The molecule has 0 aromatic heterocycles. The van der Waals surface area contributed by atoms with Crippen molar-refractivity contribution in [2.24, 2.45) is 0 Å². The second kappa shape index (κ2) is 7.07. The Morgan fingerprint density at radius 2 is 2.00 bits per heavy atom. The van der Waals surface area contributed by atoms with Crippen molar-refractivity contribution < 1.29 is 9.90 Å². The minimum atomic E-state index is -0.759. The highest BCUT2D eigenvalue weighted by molar-refractivity contribution is 5.73. The van der Waals surface area contributed by atoms with E-state index in [1.807, 2.05) is 31.2 Å². The summed E-state index contributed by atoms with van der Waals surface area (Å²) in [5.41, 5.74) is 2.34. The van der Waals surface area contributed by atoms with Crippen LogP contribution in [0.2, 0.25) is 0 Å². The molecule has 3 heteroatoms. The minimum absolute atomic E-state index is 0.434. The Balaban J connectivity index is 2.45. The van der Waals surface area contributed by atoms with E-state index >= 15 is 0 Å². The SMILES string of the molecule is CCCCC(NCc1ccc(C)cc1)C(=O)O. The normalized spacial score (nSPS) is 12.4. The summed E-state index contributed by atoms with van der Waals surface area (Å²) in [4.78, 5) is 11.0. The number of hydrogen-bond acceptors (Lipinski definition) is 2. The first kappa shape index (κ1) is 13.7. The second-order valence-electron chi connectivity index (χ2n) is 4.40. The van der Waals surface area contributed by atoms with Crippen molar-refractivity contribution in [1.82, 2.24) is 5.32 Å². The molecule has 94 valence electrons. The molecule has 0 radical (unpaired) electrons. The van der Waals surface area contributed by atoms with Gasteiger partial charge in [0.2, 0.25) is 0 Å². The largest absolute Gasteiger partial charge is 0.480 e. The topological polar surface area (TPSA) is 49.3 Å². The number of carboxylic acids is 1. The molecule has 2 N–H and O–H groups in total. The number of aryl methyl sites for hydroxylation is 1. The van der Waals surface area contributed by atoms with Crippen LogP contribution in [0.15, 0.2) is 24.3 Å². The van der Waals surface area contributed by atoms with Gasteiger partial charge < -0.3 is 10.4 Å². The second-order valence-corrected chi connectivity index (χ2v) is 4.40. The number of rotatable bonds is 7. The molecule has 1 unspecified atom stereocenters. The van der Waals surface area contributed by atoms with Crippen LogP contribution in [0.4, 0.5) is 0 Å². The Morgan fingerprint density at radius 1 is 1.35 bits per heavy atom. The zero-order chi connectivity index (χ0) is 12.7. The number of unbranched alkanes of at least 4 members (excludes halogenated alkanes) is 1. The van der Waals surface area contributed by atoms with Gasteiger partial charge in [-0.15, -0.1) is 0 Å². The smallest absolute Gasteiger partial charge is 0.320 e. The summed E-state index contributed by atoms with van der Waals surface area (Å²) in [6.45, 7) is 4.72. The van der Waals surface area contributed by atoms with Crippen LogP contribution in [0.25, 0.3) is 0 Å². The first-order chi connectivity index (χ1) is 8.13. The van der Waals surface area contributed by atoms with Gasteiger partial charge in [-0.3, -0.25) is 4.79 Å². The van der Waals surface area contributed by atoms with Crippen LogP contribution in [0, 0.1) is 6.92 Å². The third-order valence-corrected chi connectivity index (χ3v) is 2.82. The van der Waals surface area contributed by atoms with E-state index in [1.165, 1.54) is 5.56 Å². The van der Waals surface area contributed by atoms with E-state index in [0.29, 0.717) is 13.0 Å². The molecule has 0 bridgehead atoms. The maximum atomic E-state index is 11.0. The van der Waals surface area contributed by atoms with Gasteiger partial charge in [-0.1, -0.05) is 49.6 Å². The van der Waals surface area contributed by atoms with Crippen molar-refractivity contribution >= 4 is 5.97 Å². The summed E-state index contributed by atoms with van der Waals surface area (Å²) in [7, 11) is 0. The average molecular weight is 235 g/mol. The third-order valence-electron chi connectivity index (χ3n) is 2.82. The van der Waals surface area contributed by atoms with E-state index in [0.717, 1.165) is 18.4 Å². The first-order valence-corrected chi connectivity index (χ1v) is 6.15. The van der Waals surface area contributed by atoms with Crippen LogP contribution in [0.3, 0.4) is 0 Å². The molecule has 0 fully saturated rings. The van der Waals surface area contributed by atoms with Crippen LogP contribution >= 0.6 is 0 Å². The number of aliphatic carboxylic acids is 1. The van der Waals surface area contributed by atoms with Gasteiger partial charge in [-0.05, 0) is 18.9 Å². The van der Waals surface area contributed by atoms with Gasteiger partial charge in [0.25, 0.3) is 0 Å². The van der Waals surface area contributed by atoms with E-state index in [9.17, 15) is 4.79 Å². The summed E-state index contributed by atoms with van der Waals surface area (Å²) in [6.07, 6.45) is 2.66. The maximum absolute atomic E-state index is 11.0. The molecule has 0 heterocycles. The molecule has 1 aromatic rings. The van der Waals surface area contributed by atoms with Crippen molar-refractivity contribution in [1.29, 1.82) is 0 Å². The van der Waals surface area contributed by atoms with E-state index < -0.39 is 12.0 Å². The third kappa shape index (κ3) is 5.00. The highest BCUT2D eigenvalue weighted by Gasteiger charge is 2.15. The van der Waals surface area contributed by atoms with E-state index in [-0.39, 0.29) is 0 Å². The molecule has 17 heavy (non-hydrogen) atoms. The van der Waals surface area contributed by atoms with Crippen LogP contribution in [0.1, 0.15) is 37.3 Å². The Morgan fingerprint density at radius 3 is 2.53 bits per heavy atom. The molecule has 3 nitrogen and oxygen atoms in total. The molecule has 0 saturated carbocycles. The molecule has 0 aliphatic carbocycles. The number of nitrogens with one attached hydrogen (secondary N) is 1. The zero-order valence-corrected chi connectivity index (χ0v) is 10.6. The van der Waals surface area contributed by atoms with Crippen molar-refractivity contribution in [3.05, 3.63) is 35.4 Å². The molecular formula is C14H21NO2. The molecule has 0 amide bonds. The van der Waals surface area contributed by atoms with Crippen LogP contribution < -0.4 is 5.32 Å². The minimum Gasteiger partial charge on any atom is -0.480 e. The van der Waals surface area contributed by atoms with E-state index in [4.69, 9.17) is 5.11 Å². The average Bonchev–Trinajstić information content (AvgIpc) is 2.31. The van der Waals surface area contributed by atoms with Gasteiger partial charge in [0.1, 0.15) is 6.04 Å². The molecule has 1 aromatic carbocycles. The van der Waals surface area contributed by atoms with E-state index in [1.54, 1.807) is 0 Å².